The van der Waals surface area contributed by atoms with Gasteiger partial charge < -0.3 is 9.15 Å². The summed E-state index contributed by atoms with van der Waals surface area (Å²) in [6.45, 7) is 12.5. The lowest BCUT2D eigenvalue weighted by Crippen LogP contribution is -2.19. The average molecular weight is 342 g/mol. The van der Waals surface area contributed by atoms with Gasteiger partial charge in [-0.15, -0.1) is 0 Å². The number of furan rings is 1. The zero-order valence-electron chi connectivity index (χ0n) is 16.3. The predicted molar refractivity (Wildman–Crippen MR) is 102 cm³/mol. The molecule has 1 aromatic rings. The highest BCUT2D eigenvalue weighted by atomic mass is 16.6. The van der Waals surface area contributed by atoms with Gasteiger partial charge in [-0.1, -0.05) is 31.6 Å². The fourth-order valence-corrected chi connectivity index (χ4v) is 3.31. The van der Waals surface area contributed by atoms with Crippen molar-refractivity contribution in [2.45, 2.75) is 66.9 Å². The van der Waals surface area contributed by atoms with E-state index in [1.165, 1.54) is 30.4 Å². The Morgan fingerprint density at radius 2 is 2.04 bits per heavy atom. The molecule has 1 heterocycles. The smallest absolute Gasteiger partial charge is 0.374 e. The Labute approximate surface area is 151 Å². The summed E-state index contributed by atoms with van der Waals surface area (Å²) in [7, 11) is 0. The van der Waals surface area contributed by atoms with Gasteiger partial charge in [0.1, 0.15) is 5.76 Å². The zero-order valence-corrected chi connectivity index (χ0v) is 16.3. The lowest BCUT2D eigenvalue weighted by molar-refractivity contribution is 0.0341. The highest BCUT2D eigenvalue weighted by Crippen LogP contribution is 2.40. The van der Waals surface area contributed by atoms with Crippen LogP contribution in [0, 0.1) is 5.41 Å². The Morgan fingerprint density at radius 1 is 1.32 bits per heavy atom. The van der Waals surface area contributed by atoms with Gasteiger partial charge in [-0.2, -0.15) is 0 Å². The molecular weight excluding hydrogens is 312 g/mol. The Balaban J connectivity index is 2.12. The van der Waals surface area contributed by atoms with E-state index in [2.05, 4.69) is 32.9 Å². The summed E-state index contributed by atoms with van der Waals surface area (Å²) in [6, 6.07) is 3.45. The molecule has 0 N–H and O–H groups in total. The van der Waals surface area contributed by atoms with Crippen molar-refractivity contribution in [2.24, 2.45) is 5.41 Å². The molecule has 0 amide bonds. The van der Waals surface area contributed by atoms with Gasteiger partial charge in [0.15, 0.2) is 0 Å². The second-order valence-electron chi connectivity index (χ2n) is 7.81. The summed E-state index contributed by atoms with van der Waals surface area (Å²) in [5, 5.41) is 0. The maximum absolute atomic E-state index is 11.8. The molecular formula is C22H30O3. The fourth-order valence-electron chi connectivity index (χ4n) is 3.31. The van der Waals surface area contributed by atoms with Crippen LogP contribution < -0.4 is 0 Å². The van der Waals surface area contributed by atoms with Gasteiger partial charge in [-0.3, -0.25) is 0 Å². The molecule has 3 heteroatoms. The number of hydrogen-bond donors (Lipinski definition) is 0. The first-order valence-corrected chi connectivity index (χ1v) is 9.06. The third-order valence-electron chi connectivity index (χ3n) is 4.60. The molecule has 25 heavy (non-hydrogen) atoms. The van der Waals surface area contributed by atoms with Crippen molar-refractivity contribution in [1.29, 1.82) is 0 Å². The third kappa shape index (κ3) is 5.22. The largest absolute Gasteiger partial charge is 0.457 e. The Hall–Kier alpha value is -2.03. The minimum Gasteiger partial charge on any atom is -0.457 e. The first-order chi connectivity index (χ1) is 11.7. The van der Waals surface area contributed by atoms with Gasteiger partial charge in [0.05, 0.1) is 6.10 Å². The third-order valence-corrected chi connectivity index (χ3v) is 4.60. The van der Waals surface area contributed by atoms with Crippen molar-refractivity contribution >= 4 is 12.0 Å². The van der Waals surface area contributed by atoms with E-state index in [1.807, 2.05) is 26.8 Å². The van der Waals surface area contributed by atoms with E-state index in [1.54, 1.807) is 12.1 Å². The van der Waals surface area contributed by atoms with E-state index in [0.29, 0.717) is 5.76 Å². The normalized spacial score (nSPS) is 18.3. The quantitative estimate of drug-likeness (QED) is 0.463. The van der Waals surface area contributed by atoms with Crippen LogP contribution in [0.25, 0.3) is 6.08 Å². The predicted octanol–water partition coefficient (Wildman–Crippen LogP) is 6.33. The zero-order chi connectivity index (χ0) is 18.6. The molecule has 0 saturated heterocycles. The number of rotatable bonds is 5. The van der Waals surface area contributed by atoms with Crippen molar-refractivity contribution in [3.05, 3.63) is 52.5 Å². The van der Waals surface area contributed by atoms with E-state index >= 15 is 0 Å². The van der Waals surface area contributed by atoms with Gasteiger partial charge in [-0.25, -0.2) is 4.79 Å². The van der Waals surface area contributed by atoms with Gasteiger partial charge in [-0.05, 0) is 81.7 Å². The molecule has 0 bridgehead atoms. The van der Waals surface area contributed by atoms with Crippen LogP contribution >= 0.6 is 0 Å². The molecule has 0 radical (unpaired) electrons. The van der Waals surface area contributed by atoms with E-state index in [0.717, 1.165) is 5.57 Å². The average Bonchev–Trinajstić information content (AvgIpc) is 2.94. The molecule has 2 rings (SSSR count). The molecule has 0 saturated carbocycles. The molecule has 1 aliphatic carbocycles. The Morgan fingerprint density at radius 3 is 2.68 bits per heavy atom. The lowest BCUT2D eigenvalue weighted by atomic mass is 9.72. The van der Waals surface area contributed by atoms with E-state index in [-0.39, 0.29) is 17.3 Å². The van der Waals surface area contributed by atoms with Gasteiger partial charge in [0, 0.05) is 0 Å². The summed E-state index contributed by atoms with van der Waals surface area (Å²) in [4.78, 5) is 11.8. The molecule has 0 aromatic carbocycles. The molecule has 0 unspecified atom stereocenters. The van der Waals surface area contributed by atoms with Crippen LogP contribution in [0.15, 0.2) is 45.4 Å². The lowest BCUT2D eigenvalue weighted by Gasteiger charge is -2.32. The summed E-state index contributed by atoms with van der Waals surface area (Å²) in [5.74, 6) is 0.475. The minimum atomic E-state index is -0.424. The van der Waals surface area contributed by atoms with Crippen LogP contribution in [-0.4, -0.2) is 12.1 Å². The van der Waals surface area contributed by atoms with Crippen LogP contribution in [0.1, 0.15) is 77.1 Å². The van der Waals surface area contributed by atoms with Gasteiger partial charge >= 0.3 is 5.97 Å². The molecule has 1 aliphatic rings. The summed E-state index contributed by atoms with van der Waals surface area (Å²) < 4.78 is 10.7. The Bertz CT molecular complexity index is 711. The van der Waals surface area contributed by atoms with Crippen molar-refractivity contribution in [3.8, 4) is 0 Å². The van der Waals surface area contributed by atoms with Crippen molar-refractivity contribution < 1.29 is 13.9 Å². The monoisotopic (exact) mass is 342 g/mol. The molecule has 3 nitrogen and oxygen atoms in total. The molecule has 0 aliphatic heterocycles. The van der Waals surface area contributed by atoms with Crippen LogP contribution in [0.5, 0.6) is 0 Å². The fraction of sp³-hybridized carbons (Fsp3) is 0.500. The maximum Gasteiger partial charge on any atom is 0.374 e. The van der Waals surface area contributed by atoms with Crippen molar-refractivity contribution in [2.75, 3.05) is 0 Å². The van der Waals surface area contributed by atoms with Crippen LogP contribution in [0.3, 0.4) is 0 Å². The Kier molecular flexibility index (Phi) is 6.10. The molecule has 0 fully saturated rings. The number of esters is 1. The van der Waals surface area contributed by atoms with Crippen LogP contribution in [0.4, 0.5) is 0 Å². The first-order valence-electron chi connectivity index (χ1n) is 9.06. The topological polar surface area (TPSA) is 39.4 Å². The summed E-state index contributed by atoms with van der Waals surface area (Å²) >= 11 is 0. The maximum atomic E-state index is 11.8. The van der Waals surface area contributed by atoms with Crippen LogP contribution in [0.2, 0.25) is 0 Å². The second-order valence-corrected chi connectivity index (χ2v) is 7.81. The number of hydrogen-bond acceptors (Lipinski definition) is 3. The summed E-state index contributed by atoms with van der Waals surface area (Å²) in [6.07, 6.45) is 9.83. The number of carbonyl (C=O) groups excluding carboxylic acids is 1. The minimum absolute atomic E-state index is 0.156. The highest BCUT2D eigenvalue weighted by Gasteiger charge is 2.26. The standard InChI is InChI=1S/C22H30O3/c1-15(2)24-21(23)20-12-10-18(25-20)14-16(3)9-11-19-17(4)8-7-13-22(19,5)6/h9-12,14-15H,7-8,13H2,1-6H3/b11-9?,16-14+. The number of ether oxygens (including phenoxy) is 1. The van der Waals surface area contributed by atoms with Crippen LogP contribution in [-0.2, 0) is 4.74 Å². The van der Waals surface area contributed by atoms with Gasteiger partial charge in [0.25, 0.3) is 0 Å². The molecule has 0 spiro atoms. The van der Waals surface area contributed by atoms with Gasteiger partial charge in [0.2, 0.25) is 5.76 Å². The van der Waals surface area contributed by atoms with E-state index < -0.39 is 5.97 Å². The van der Waals surface area contributed by atoms with Crippen molar-refractivity contribution in [1.82, 2.24) is 0 Å². The highest BCUT2D eigenvalue weighted by molar-refractivity contribution is 5.86. The SMILES string of the molecule is CC1=C(C=C/C(C)=C/c2ccc(C(=O)OC(C)C)o2)C(C)(C)CCC1. The van der Waals surface area contributed by atoms with E-state index in [9.17, 15) is 4.79 Å². The molecule has 0 atom stereocenters. The number of carbonyl (C=O) groups is 1. The molecule has 136 valence electrons. The second kappa shape index (κ2) is 7.90. The number of allylic oxidation sites excluding steroid dienone is 5. The van der Waals surface area contributed by atoms with Crippen molar-refractivity contribution in [3.63, 3.8) is 0 Å². The molecule has 1 aromatic heterocycles. The summed E-state index contributed by atoms with van der Waals surface area (Å²) in [5.41, 5.74) is 4.24. The first kappa shape index (κ1) is 19.3. The van der Waals surface area contributed by atoms with E-state index in [4.69, 9.17) is 9.15 Å².